The lowest BCUT2D eigenvalue weighted by Gasteiger charge is -2.38. The Labute approximate surface area is 167 Å². The fourth-order valence-electron chi connectivity index (χ4n) is 3.58. The molecule has 2 amide bonds. The third-order valence-corrected chi connectivity index (χ3v) is 5.15. The van der Waals surface area contributed by atoms with Crippen LogP contribution in [0.25, 0.3) is 0 Å². The van der Waals surface area contributed by atoms with Gasteiger partial charge in [0.1, 0.15) is 5.71 Å². The van der Waals surface area contributed by atoms with Crippen LogP contribution in [0.5, 0.6) is 0 Å². The summed E-state index contributed by atoms with van der Waals surface area (Å²) < 4.78 is 0. The van der Waals surface area contributed by atoms with Crippen LogP contribution in [0, 0.1) is 0 Å². The number of carbonyl (C=O) groups is 2. The fraction of sp³-hybridized carbons (Fsp3) is 0.300. The Kier molecular flexibility index (Phi) is 5.00. The van der Waals surface area contributed by atoms with E-state index in [0.29, 0.717) is 41.5 Å². The first kappa shape index (κ1) is 18.4. The summed E-state index contributed by atoms with van der Waals surface area (Å²) in [4.78, 5) is 36.7. The highest BCUT2D eigenvalue weighted by Crippen LogP contribution is 2.34. The highest BCUT2D eigenvalue weighted by atomic mass is 35.5. The molecule has 1 N–H and O–H groups in total. The zero-order valence-corrected chi connectivity index (χ0v) is 15.9. The summed E-state index contributed by atoms with van der Waals surface area (Å²) in [6.07, 6.45) is 5.07. The summed E-state index contributed by atoms with van der Waals surface area (Å²) >= 11 is 6.01. The second kappa shape index (κ2) is 7.59. The van der Waals surface area contributed by atoms with E-state index in [2.05, 4.69) is 15.5 Å². The topological polar surface area (TPSA) is 83.9 Å². The zero-order chi connectivity index (χ0) is 19.6. The van der Waals surface area contributed by atoms with Crippen molar-refractivity contribution in [3.63, 3.8) is 0 Å². The monoisotopic (exact) mass is 398 g/mol. The second-order valence-electron chi connectivity index (χ2n) is 7.03. The van der Waals surface area contributed by atoms with E-state index in [4.69, 9.17) is 16.4 Å². The van der Waals surface area contributed by atoms with Crippen LogP contribution in [0.4, 0.5) is 5.69 Å². The van der Waals surface area contributed by atoms with Crippen LogP contribution in [0.1, 0.15) is 29.6 Å². The molecule has 0 saturated carbocycles. The molecule has 1 aromatic heterocycles. The molecule has 4 rings (SSSR count). The number of hydrogen-bond acceptors (Lipinski definition) is 5. The molecule has 0 bridgehead atoms. The minimum Gasteiger partial charge on any atom is -0.386 e. The van der Waals surface area contributed by atoms with E-state index in [1.807, 2.05) is 0 Å². The number of nitrogens with zero attached hydrogens (tertiary/aromatic N) is 3. The predicted octanol–water partition coefficient (Wildman–Crippen LogP) is 3.12. The average molecular weight is 399 g/mol. The molecule has 2 aliphatic heterocycles. The highest BCUT2D eigenvalue weighted by Gasteiger charge is 2.45. The number of piperidine rings is 1. The van der Waals surface area contributed by atoms with Crippen molar-refractivity contribution < 1.29 is 14.4 Å². The van der Waals surface area contributed by atoms with Gasteiger partial charge in [-0.3, -0.25) is 14.6 Å². The molecule has 144 valence electrons. The van der Waals surface area contributed by atoms with Gasteiger partial charge in [-0.15, -0.1) is 0 Å². The van der Waals surface area contributed by atoms with E-state index in [1.54, 1.807) is 53.7 Å². The maximum atomic E-state index is 12.8. The fourth-order valence-corrected chi connectivity index (χ4v) is 3.77. The van der Waals surface area contributed by atoms with Gasteiger partial charge in [-0.25, -0.2) is 0 Å². The van der Waals surface area contributed by atoms with Crippen molar-refractivity contribution in [2.75, 3.05) is 18.4 Å². The largest absolute Gasteiger partial charge is 0.386 e. The van der Waals surface area contributed by atoms with Gasteiger partial charge in [0.25, 0.3) is 11.8 Å². The number of amides is 2. The highest BCUT2D eigenvalue weighted by molar-refractivity contribution is 6.43. The first-order valence-corrected chi connectivity index (χ1v) is 9.44. The Morgan fingerprint density at radius 1 is 1.25 bits per heavy atom. The van der Waals surface area contributed by atoms with Crippen LogP contribution in [0.15, 0.2) is 53.9 Å². The first-order valence-electron chi connectivity index (χ1n) is 9.06. The van der Waals surface area contributed by atoms with Crippen LogP contribution in [-0.4, -0.2) is 46.1 Å². The molecule has 2 aromatic rings. The van der Waals surface area contributed by atoms with Crippen molar-refractivity contribution in [2.24, 2.45) is 5.16 Å². The van der Waals surface area contributed by atoms with Gasteiger partial charge < -0.3 is 15.1 Å². The Hall–Kier alpha value is -2.93. The summed E-state index contributed by atoms with van der Waals surface area (Å²) in [6, 6.07) is 10.4. The molecule has 7 nitrogen and oxygen atoms in total. The summed E-state index contributed by atoms with van der Waals surface area (Å²) in [5.41, 5.74) is 0.796. The normalized spacial score (nSPS) is 21.2. The number of oxime groups is 1. The number of rotatable bonds is 3. The van der Waals surface area contributed by atoms with Gasteiger partial charge >= 0.3 is 0 Å². The van der Waals surface area contributed by atoms with Gasteiger partial charge in [-0.1, -0.05) is 22.8 Å². The summed E-state index contributed by atoms with van der Waals surface area (Å²) in [6.45, 7) is 1.01. The van der Waals surface area contributed by atoms with Crippen LogP contribution in [0.3, 0.4) is 0 Å². The van der Waals surface area contributed by atoms with E-state index in [1.165, 1.54) is 0 Å². The van der Waals surface area contributed by atoms with Gasteiger partial charge in [-0.05, 0) is 43.2 Å². The molecule has 1 atom stereocenters. The zero-order valence-electron chi connectivity index (χ0n) is 15.1. The molecule has 0 aliphatic carbocycles. The van der Waals surface area contributed by atoms with E-state index in [0.717, 1.165) is 12.8 Å². The number of pyridine rings is 1. The van der Waals surface area contributed by atoms with Crippen molar-refractivity contribution in [3.05, 3.63) is 59.4 Å². The molecule has 1 aromatic carbocycles. The van der Waals surface area contributed by atoms with Gasteiger partial charge in [-0.2, -0.15) is 0 Å². The number of nitrogens with one attached hydrogen (secondary N) is 1. The summed E-state index contributed by atoms with van der Waals surface area (Å²) in [5, 5.41) is 7.30. The summed E-state index contributed by atoms with van der Waals surface area (Å²) in [5.74, 6) is -0.415. The average Bonchev–Trinajstić information content (AvgIpc) is 3.11. The molecular formula is C20H19ClN4O3. The molecule has 1 fully saturated rings. The van der Waals surface area contributed by atoms with Crippen molar-refractivity contribution >= 4 is 34.8 Å². The maximum Gasteiger partial charge on any atom is 0.273 e. The minimum atomic E-state index is -0.659. The molecule has 0 unspecified atom stereocenters. The molecule has 3 heterocycles. The van der Waals surface area contributed by atoms with Crippen LogP contribution in [0.2, 0.25) is 5.02 Å². The number of benzene rings is 1. The van der Waals surface area contributed by atoms with Crippen LogP contribution in [-0.2, 0) is 9.63 Å². The van der Waals surface area contributed by atoms with Crippen molar-refractivity contribution in [1.82, 2.24) is 9.88 Å². The molecular weight excluding hydrogens is 380 g/mol. The molecule has 2 aliphatic rings. The van der Waals surface area contributed by atoms with Crippen molar-refractivity contribution in [1.29, 1.82) is 0 Å². The van der Waals surface area contributed by atoms with Crippen molar-refractivity contribution in [3.8, 4) is 0 Å². The molecule has 8 heteroatoms. The van der Waals surface area contributed by atoms with Gasteiger partial charge in [0, 0.05) is 29.7 Å². The molecule has 1 saturated heterocycles. The molecule has 0 radical (unpaired) electrons. The van der Waals surface area contributed by atoms with E-state index in [-0.39, 0.29) is 11.8 Å². The molecule has 1 spiro atoms. The second-order valence-corrected chi connectivity index (χ2v) is 7.46. The third kappa shape index (κ3) is 3.84. The lowest BCUT2D eigenvalue weighted by molar-refractivity contribution is -0.110. The van der Waals surface area contributed by atoms with Crippen LogP contribution >= 0.6 is 11.6 Å². The molecule has 28 heavy (non-hydrogen) atoms. The van der Waals surface area contributed by atoms with E-state index in [9.17, 15) is 9.59 Å². The number of aromatic nitrogens is 1. The van der Waals surface area contributed by atoms with Gasteiger partial charge in [0.15, 0.2) is 5.60 Å². The number of halogens is 1. The third-order valence-electron chi connectivity index (χ3n) is 4.92. The quantitative estimate of drug-likeness (QED) is 0.860. The van der Waals surface area contributed by atoms with Crippen LogP contribution < -0.4 is 5.32 Å². The Bertz CT molecular complexity index is 934. The maximum absolute atomic E-state index is 12.8. The first-order chi connectivity index (χ1) is 13.5. The van der Waals surface area contributed by atoms with E-state index < -0.39 is 5.60 Å². The summed E-state index contributed by atoms with van der Waals surface area (Å²) in [7, 11) is 0. The standard InChI is InChI=1S/C20H19ClN4O3/c21-15-5-1-4-14(10-15)19(27)25-9-3-7-20(13-25)11-17(24-28-20)18(26)23-16-6-2-8-22-12-16/h1-2,4-6,8,10,12H,3,7,9,11,13H2,(H,23,26)/t20-/m0/s1. The number of carbonyl (C=O) groups excluding carboxylic acids is 2. The van der Waals surface area contributed by atoms with Gasteiger partial charge in [0.2, 0.25) is 0 Å². The Morgan fingerprint density at radius 2 is 2.14 bits per heavy atom. The lowest BCUT2D eigenvalue weighted by Crippen LogP contribution is -2.50. The van der Waals surface area contributed by atoms with E-state index >= 15 is 0 Å². The SMILES string of the molecule is O=C(Nc1cccnc1)C1=NO[C@@]2(CCCN(C(=O)c3cccc(Cl)c3)C2)C1. The predicted molar refractivity (Wildman–Crippen MR) is 105 cm³/mol. The Morgan fingerprint density at radius 3 is 2.93 bits per heavy atom. The van der Waals surface area contributed by atoms with Gasteiger partial charge in [0.05, 0.1) is 18.4 Å². The Balaban J connectivity index is 1.42. The number of hydrogen-bond donors (Lipinski definition) is 1. The smallest absolute Gasteiger partial charge is 0.273 e. The van der Waals surface area contributed by atoms with Crippen molar-refractivity contribution in [2.45, 2.75) is 24.9 Å². The number of likely N-dealkylation sites (tertiary alicyclic amines) is 1. The number of anilines is 1. The lowest BCUT2D eigenvalue weighted by atomic mass is 9.87. The minimum absolute atomic E-state index is 0.0987.